The van der Waals surface area contributed by atoms with Crippen LogP contribution in [0.4, 0.5) is 0 Å². The van der Waals surface area contributed by atoms with Crippen molar-refractivity contribution >= 4 is 17.5 Å². The van der Waals surface area contributed by atoms with Crippen molar-refractivity contribution in [2.45, 2.75) is 26.3 Å². The lowest BCUT2D eigenvalue weighted by atomic mass is 9.99. The molecule has 9 nitrogen and oxygen atoms in total. The van der Waals surface area contributed by atoms with E-state index >= 15 is 0 Å². The molecular formula is C23H21ClN6O3. The smallest absolute Gasteiger partial charge is 0.256 e. The average Bonchev–Trinajstić information content (AvgIpc) is 3.47. The van der Waals surface area contributed by atoms with Gasteiger partial charge in [0, 0.05) is 17.1 Å². The van der Waals surface area contributed by atoms with E-state index in [0.29, 0.717) is 40.3 Å². The van der Waals surface area contributed by atoms with E-state index in [9.17, 15) is 4.79 Å². The summed E-state index contributed by atoms with van der Waals surface area (Å²) in [6, 6.07) is 8.80. The molecule has 2 aromatic heterocycles. The first-order chi connectivity index (χ1) is 16.0. The number of aromatic nitrogens is 5. The normalized spacial score (nSPS) is 15.4. The van der Waals surface area contributed by atoms with Crippen molar-refractivity contribution in [2.75, 3.05) is 13.7 Å². The minimum absolute atomic E-state index is 0.185. The standard InChI is InChI=1S/C23H21ClN6O3/c1-13-11-19(30-25-8-9-26-30)16(12-20(13)32-3)23(31)29-10-7-18(29)22-27-21(28-33-22)15-5-4-6-17(24)14(15)2/h4-6,8-9,11-12,18H,7,10H2,1-3H3/t18-/m0/s1. The van der Waals surface area contributed by atoms with Gasteiger partial charge in [0.15, 0.2) is 0 Å². The number of methoxy groups -OCH3 is 1. The summed E-state index contributed by atoms with van der Waals surface area (Å²) in [6.45, 7) is 4.38. The second kappa shape index (κ2) is 8.32. The Bertz CT molecular complexity index is 1330. The summed E-state index contributed by atoms with van der Waals surface area (Å²) in [7, 11) is 1.58. The third-order valence-electron chi connectivity index (χ3n) is 5.89. The zero-order valence-corrected chi connectivity index (χ0v) is 19.1. The van der Waals surface area contributed by atoms with E-state index in [0.717, 1.165) is 23.1 Å². The second-order valence-electron chi connectivity index (χ2n) is 7.83. The Kier molecular flexibility index (Phi) is 5.33. The molecule has 0 radical (unpaired) electrons. The Balaban J connectivity index is 1.47. The van der Waals surface area contributed by atoms with E-state index in [4.69, 9.17) is 20.9 Å². The van der Waals surface area contributed by atoms with Crippen molar-refractivity contribution < 1.29 is 14.1 Å². The molecule has 0 spiro atoms. The number of hydrogen-bond donors (Lipinski definition) is 0. The van der Waals surface area contributed by atoms with Crippen LogP contribution in [0.1, 0.15) is 39.8 Å². The van der Waals surface area contributed by atoms with E-state index in [1.807, 2.05) is 38.1 Å². The summed E-state index contributed by atoms with van der Waals surface area (Å²) in [6.07, 6.45) is 3.86. The SMILES string of the molecule is COc1cc(C(=O)N2CC[C@H]2c2nc(-c3cccc(Cl)c3C)no2)c(-n2nccn2)cc1C. The summed E-state index contributed by atoms with van der Waals surface area (Å²) in [4.78, 5) is 21.3. The van der Waals surface area contributed by atoms with Crippen molar-refractivity contribution in [1.29, 1.82) is 0 Å². The highest BCUT2D eigenvalue weighted by molar-refractivity contribution is 6.31. The van der Waals surface area contributed by atoms with Crippen LogP contribution in [0.15, 0.2) is 47.2 Å². The van der Waals surface area contributed by atoms with E-state index < -0.39 is 0 Å². The molecule has 10 heteroatoms. The molecule has 2 aromatic carbocycles. The molecule has 1 atom stereocenters. The number of nitrogens with zero attached hydrogens (tertiary/aromatic N) is 6. The molecule has 0 N–H and O–H groups in total. The molecule has 0 aliphatic carbocycles. The Morgan fingerprint density at radius 2 is 2.00 bits per heavy atom. The van der Waals surface area contributed by atoms with Gasteiger partial charge in [-0.3, -0.25) is 4.79 Å². The molecule has 33 heavy (non-hydrogen) atoms. The molecule has 1 aliphatic heterocycles. The fraction of sp³-hybridized carbons (Fsp3) is 0.261. The van der Waals surface area contributed by atoms with Crippen LogP contribution in [0.25, 0.3) is 17.1 Å². The lowest BCUT2D eigenvalue weighted by Crippen LogP contribution is -2.45. The van der Waals surface area contributed by atoms with Gasteiger partial charge in [-0.15, -0.1) is 0 Å². The predicted octanol–water partition coefficient (Wildman–Crippen LogP) is 4.18. The molecule has 1 aliphatic rings. The summed E-state index contributed by atoms with van der Waals surface area (Å²) in [5.74, 6) is 1.27. The molecule has 0 bridgehead atoms. The summed E-state index contributed by atoms with van der Waals surface area (Å²) >= 11 is 6.24. The van der Waals surface area contributed by atoms with Crippen molar-refractivity contribution in [2.24, 2.45) is 0 Å². The van der Waals surface area contributed by atoms with Crippen LogP contribution >= 0.6 is 11.6 Å². The maximum Gasteiger partial charge on any atom is 0.256 e. The number of rotatable bonds is 5. The molecular weight excluding hydrogens is 444 g/mol. The number of aryl methyl sites for hydroxylation is 1. The van der Waals surface area contributed by atoms with E-state index in [1.54, 1.807) is 30.5 Å². The summed E-state index contributed by atoms with van der Waals surface area (Å²) in [5, 5.41) is 13.2. The minimum atomic E-state index is -0.316. The Hall–Kier alpha value is -3.72. The molecule has 3 heterocycles. The molecule has 0 saturated carbocycles. The van der Waals surface area contributed by atoms with Gasteiger partial charge in [0.1, 0.15) is 11.8 Å². The highest BCUT2D eigenvalue weighted by atomic mass is 35.5. The molecule has 1 saturated heterocycles. The molecule has 4 aromatic rings. The van der Waals surface area contributed by atoms with E-state index in [2.05, 4.69) is 20.3 Å². The van der Waals surface area contributed by atoms with Gasteiger partial charge < -0.3 is 14.2 Å². The third kappa shape index (κ3) is 3.64. The molecule has 1 fully saturated rings. The quantitative estimate of drug-likeness (QED) is 0.436. The zero-order chi connectivity index (χ0) is 23.1. The van der Waals surface area contributed by atoms with E-state index in [1.165, 1.54) is 4.80 Å². The third-order valence-corrected chi connectivity index (χ3v) is 6.30. The lowest BCUT2D eigenvalue weighted by molar-refractivity contribution is 0.0378. The number of hydrogen-bond acceptors (Lipinski definition) is 7. The highest BCUT2D eigenvalue weighted by Gasteiger charge is 2.39. The van der Waals surface area contributed by atoms with Gasteiger partial charge in [0.2, 0.25) is 11.7 Å². The number of likely N-dealkylation sites (tertiary alicyclic amines) is 1. The van der Waals surface area contributed by atoms with Gasteiger partial charge in [-0.2, -0.15) is 20.0 Å². The number of amides is 1. The average molecular weight is 465 g/mol. The van der Waals surface area contributed by atoms with Crippen molar-refractivity contribution in [3.8, 4) is 22.8 Å². The van der Waals surface area contributed by atoms with Crippen molar-refractivity contribution in [1.82, 2.24) is 30.0 Å². The van der Waals surface area contributed by atoms with E-state index in [-0.39, 0.29) is 11.9 Å². The fourth-order valence-electron chi connectivity index (χ4n) is 3.94. The van der Waals surface area contributed by atoms with Gasteiger partial charge in [0.25, 0.3) is 5.91 Å². The lowest BCUT2D eigenvalue weighted by Gasteiger charge is -2.38. The topological polar surface area (TPSA) is 99.2 Å². The van der Waals surface area contributed by atoms with Crippen LogP contribution < -0.4 is 4.74 Å². The Labute approximate surface area is 194 Å². The zero-order valence-electron chi connectivity index (χ0n) is 18.3. The molecule has 0 unspecified atom stereocenters. The maximum absolute atomic E-state index is 13.6. The fourth-order valence-corrected chi connectivity index (χ4v) is 4.12. The number of ether oxygens (including phenoxy) is 1. The van der Waals surface area contributed by atoms with Crippen LogP contribution in [-0.2, 0) is 0 Å². The van der Waals surface area contributed by atoms with Crippen LogP contribution in [0.5, 0.6) is 5.75 Å². The number of carbonyl (C=O) groups excluding carboxylic acids is 1. The maximum atomic E-state index is 13.6. The van der Waals surface area contributed by atoms with Crippen LogP contribution in [-0.4, -0.2) is 49.6 Å². The first-order valence-electron chi connectivity index (χ1n) is 10.4. The monoisotopic (exact) mass is 464 g/mol. The highest BCUT2D eigenvalue weighted by Crippen LogP contribution is 2.37. The first kappa shape index (κ1) is 21.1. The van der Waals surface area contributed by atoms with Gasteiger partial charge in [-0.25, -0.2) is 0 Å². The van der Waals surface area contributed by atoms with Crippen molar-refractivity contribution in [3.63, 3.8) is 0 Å². The second-order valence-corrected chi connectivity index (χ2v) is 8.24. The van der Waals surface area contributed by atoms with Crippen molar-refractivity contribution in [3.05, 3.63) is 70.3 Å². The number of carbonyl (C=O) groups is 1. The molecule has 168 valence electrons. The van der Waals surface area contributed by atoms with Gasteiger partial charge in [-0.05, 0) is 49.6 Å². The predicted molar refractivity (Wildman–Crippen MR) is 121 cm³/mol. The van der Waals surface area contributed by atoms with Gasteiger partial charge in [-0.1, -0.05) is 28.9 Å². The largest absolute Gasteiger partial charge is 0.496 e. The number of halogens is 1. The van der Waals surface area contributed by atoms with Gasteiger partial charge >= 0.3 is 0 Å². The van der Waals surface area contributed by atoms with Crippen LogP contribution in [0, 0.1) is 13.8 Å². The molecule has 1 amide bonds. The van der Waals surface area contributed by atoms with Crippen LogP contribution in [0.2, 0.25) is 5.02 Å². The molecule has 5 rings (SSSR count). The summed E-state index contributed by atoms with van der Waals surface area (Å²) < 4.78 is 11.0. The first-order valence-corrected chi connectivity index (χ1v) is 10.8. The Morgan fingerprint density at radius 1 is 1.21 bits per heavy atom. The minimum Gasteiger partial charge on any atom is -0.496 e. The van der Waals surface area contributed by atoms with Gasteiger partial charge in [0.05, 0.1) is 30.8 Å². The Morgan fingerprint density at radius 3 is 2.70 bits per heavy atom. The van der Waals surface area contributed by atoms with Crippen LogP contribution in [0.3, 0.4) is 0 Å². The number of benzene rings is 2. The summed E-state index contributed by atoms with van der Waals surface area (Å²) in [5.41, 5.74) is 3.56.